The fourth-order valence-corrected chi connectivity index (χ4v) is 4.84. The Morgan fingerprint density at radius 1 is 0.939 bits per heavy atom. The summed E-state index contributed by atoms with van der Waals surface area (Å²) in [5, 5.41) is 7.62. The third-order valence-corrected chi connectivity index (χ3v) is 6.61. The molecule has 1 fully saturated rings. The second-order valence-electron chi connectivity index (χ2n) is 8.71. The van der Waals surface area contributed by atoms with Crippen LogP contribution in [0.15, 0.2) is 48.8 Å². The molecule has 3 heterocycles. The Hall–Kier alpha value is -2.96. The molecule has 0 radical (unpaired) electrons. The highest BCUT2D eigenvalue weighted by molar-refractivity contribution is 6.30. The first-order chi connectivity index (χ1) is 16.2. The van der Waals surface area contributed by atoms with Crippen LogP contribution >= 0.6 is 11.6 Å². The number of fused-ring (bicyclic) bond motifs is 1. The molecule has 0 bridgehead atoms. The van der Waals surface area contributed by atoms with E-state index in [-0.39, 0.29) is 5.91 Å². The predicted molar refractivity (Wildman–Crippen MR) is 131 cm³/mol. The Morgan fingerprint density at radius 2 is 1.67 bits per heavy atom. The van der Waals surface area contributed by atoms with Crippen LogP contribution in [0.5, 0.6) is 0 Å². The molecule has 0 spiro atoms. The van der Waals surface area contributed by atoms with Crippen molar-refractivity contribution < 1.29 is 4.79 Å². The summed E-state index contributed by atoms with van der Waals surface area (Å²) in [5.41, 5.74) is 8.87. The molecule has 1 aliphatic carbocycles. The van der Waals surface area contributed by atoms with Gasteiger partial charge in [-0.1, -0.05) is 30.2 Å². The van der Waals surface area contributed by atoms with Crippen LogP contribution in [0.3, 0.4) is 0 Å². The summed E-state index contributed by atoms with van der Waals surface area (Å²) >= 11 is 6.10. The number of hydrogen-bond donors (Lipinski definition) is 1. The molecule has 1 amide bonds. The van der Waals surface area contributed by atoms with Crippen LogP contribution in [0.4, 0.5) is 0 Å². The molecule has 6 nitrogen and oxygen atoms in total. The molecule has 33 heavy (non-hydrogen) atoms. The molecule has 1 aromatic carbocycles. The first kappa shape index (κ1) is 21.9. The Bertz CT molecular complexity index is 1150. The van der Waals surface area contributed by atoms with Gasteiger partial charge in [0.25, 0.3) is 5.91 Å². The lowest BCUT2D eigenvalue weighted by Gasteiger charge is -2.26. The van der Waals surface area contributed by atoms with Crippen LogP contribution in [-0.4, -0.2) is 38.8 Å². The fraction of sp³-hybridized carbons (Fsp3) is 0.346. The summed E-state index contributed by atoms with van der Waals surface area (Å²) in [6, 6.07) is 11.7. The maximum absolute atomic E-state index is 13.4. The Labute approximate surface area is 199 Å². The molecular formula is C26H28ClN5O. The molecule has 3 aromatic rings. The molecule has 1 saturated heterocycles. The van der Waals surface area contributed by atoms with Gasteiger partial charge in [-0.15, -0.1) is 0 Å². The summed E-state index contributed by atoms with van der Waals surface area (Å²) in [6.07, 6.45) is 13.0. The van der Waals surface area contributed by atoms with E-state index in [1.807, 2.05) is 46.1 Å². The number of aromatic nitrogens is 3. The third-order valence-electron chi connectivity index (χ3n) is 6.36. The van der Waals surface area contributed by atoms with Crippen molar-refractivity contribution in [2.75, 3.05) is 13.1 Å². The zero-order valence-corrected chi connectivity index (χ0v) is 19.4. The number of carbonyl (C=O) groups is 1. The van der Waals surface area contributed by atoms with E-state index < -0.39 is 0 Å². The van der Waals surface area contributed by atoms with E-state index in [4.69, 9.17) is 16.7 Å². The van der Waals surface area contributed by atoms with E-state index >= 15 is 0 Å². The van der Waals surface area contributed by atoms with Gasteiger partial charge < -0.3 is 0 Å². The van der Waals surface area contributed by atoms with Gasteiger partial charge in [0.15, 0.2) is 5.69 Å². The normalized spacial score (nSPS) is 18.0. The van der Waals surface area contributed by atoms with Gasteiger partial charge in [-0.05, 0) is 80.0 Å². The summed E-state index contributed by atoms with van der Waals surface area (Å²) < 4.78 is 1.93. The summed E-state index contributed by atoms with van der Waals surface area (Å²) in [6.45, 7) is 1.78. The quantitative estimate of drug-likeness (QED) is 0.534. The number of pyridine rings is 1. The minimum atomic E-state index is -0.117. The fourth-order valence-electron chi connectivity index (χ4n) is 4.71. The average Bonchev–Trinajstić information content (AvgIpc) is 3.11. The zero-order valence-electron chi connectivity index (χ0n) is 18.6. The van der Waals surface area contributed by atoms with Crippen LogP contribution in [0.1, 0.15) is 65.8 Å². The number of allylic oxidation sites excluding steroid dienone is 1. The van der Waals surface area contributed by atoms with Gasteiger partial charge >= 0.3 is 0 Å². The molecule has 170 valence electrons. The molecule has 2 aliphatic rings. The molecular weight excluding hydrogens is 434 g/mol. The highest BCUT2D eigenvalue weighted by Gasteiger charge is 2.28. The minimum absolute atomic E-state index is 0.117. The van der Waals surface area contributed by atoms with Crippen LogP contribution in [0.25, 0.3) is 17.3 Å². The van der Waals surface area contributed by atoms with E-state index in [1.54, 1.807) is 12.4 Å². The molecule has 5 rings (SSSR count). The Balaban J connectivity index is 1.60. The predicted octanol–water partition coefficient (Wildman–Crippen LogP) is 5.32. The van der Waals surface area contributed by atoms with Crippen molar-refractivity contribution >= 4 is 29.2 Å². The molecule has 0 atom stereocenters. The molecule has 0 saturated carbocycles. The Morgan fingerprint density at radius 3 is 2.42 bits per heavy atom. The number of halogens is 1. The van der Waals surface area contributed by atoms with Gasteiger partial charge in [-0.25, -0.2) is 9.69 Å². The number of piperidine rings is 1. The number of amides is 1. The van der Waals surface area contributed by atoms with Crippen molar-refractivity contribution in [1.29, 1.82) is 0 Å². The van der Waals surface area contributed by atoms with Crippen LogP contribution in [0.2, 0.25) is 5.02 Å². The smallest absolute Gasteiger partial charge is 0.283 e. The second kappa shape index (κ2) is 9.89. The van der Waals surface area contributed by atoms with E-state index in [9.17, 15) is 4.79 Å². The molecule has 2 aromatic heterocycles. The van der Waals surface area contributed by atoms with Crippen molar-refractivity contribution in [3.8, 4) is 5.69 Å². The minimum Gasteiger partial charge on any atom is -0.283 e. The third kappa shape index (κ3) is 4.87. The maximum atomic E-state index is 13.4. The van der Waals surface area contributed by atoms with Crippen molar-refractivity contribution in [2.45, 2.75) is 44.9 Å². The monoisotopic (exact) mass is 461 g/mol. The van der Waals surface area contributed by atoms with Gasteiger partial charge in [0.2, 0.25) is 0 Å². The Kier molecular flexibility index (Phi) is 6.55. The van der Waals surface area contributed by atoms with Crippen LogP contribution < -0.4 is 5.43 Å². The zero-order chi connectivity index (χ0) is 22.6. The first-order valence-electron chi connectivity index (χ1n) is 11.7. The van der Waals surface area contributed by atoms with Crippen molar-refractivity contribution in [3.63, 3.8) is 0 Å². The van der Waals surface area contributed by atoms with Gasteiger partial charge in [0.05, 0.1) is 11.4 Å². The largest absolute Gasteiger partial charge is 0.286 e. The topological polar surface area (TPSA) is 63.1 Å². The van der Waals surface area contributed by atoms with Crippen molar-refractivity contribution in [2.24, 2.45) is 0 Å². The number of rotatable bonds is 4. The molecule has 1 N–H and O–H groups in total. The van der Waals surface area contributed by atoms with E-state index in [2.05, 4.69) is 16.5 Å². The molecule has 1 aliphatic heterocycles. The lowest BCUT2D eigenvalue weighted by Crippen LogP contribution is -2.45. The van der Waals surface area contributed by atoms with E-state index in [1.165, 1.54) is 12.0 Å². The van der Waals surface area contributed by atoms with Gasteiger partial charge in [0.1, 0.15) is 0 Å². The maximum Gasteiger partial charge on any atom is 0.286 e. The van der Waals surface area contributed by atoms with Crippen molar-refractivity contribution in [1.82, 2.24) is 25.2 Å². The standard InChI is InChI=1S/C26H28ClN5O/c27-21-10-8-19(9-11-21)18-20-6-2-3-7-23-24(26(33)30-31-16-4-1-5-17-31)29-32(25(20)23)22-12-14-28-15-13-22/h8-15,18H,1-7,16-17H2,(H,30,33). The number of carbonyl (C=O) groups excluding carboxylic acids is 1. The molecule has 7 heteroatoms. The first-order valence-corrected chi connectivity index (χ1v) is 12.1. The number of nitrogens with zero attached hydrogens (tertiary/aromatic N) is 4. The average molecular weight is 462 g/mol. The summed E-state index contributed by atoms with van der Waals surface area (Å²) in [5.74, 6) is -0.117. The van der Waals surface area contributed by atoms with E-state index in [0.717, 1.165) is 79.1 Å². The summed E-state index contributed by atoms with van der Waals surface area (Å²) in [7, 11) is 0. The van der Waals surface area contributed by atoms with Crippen LogP contribution in [0, 0.1) is 0 Å². The van der Waals surface area contributed by atoms with Gasteiger partial charge in [-0.3, -0.25) is 15.2 Å². The van der Waals surface area contributed by atoms with E-state index in [0.29, 0.717) is 5.69 Å². The number of hydrazine groups is 1. The second-order valence-corrected chi connectivity index (χ2v) is 9.15. The highest BCUT2D eigenvalue weighted by Crippen LogP contribution is 2.35. The molecule has 0 unspecified atom stereocenters. The van der Waals surface area contributed by atoms with Crippen molar-refractivity contribution in [3.05, 3.63) is 76.3 Å². The van der Waals surface area contributed by atoms with Crippen LogP contribution in [-0.2, 0) is 6.42 Å². The van der Waals surface area contributed by atoms with Gasteiger partial charge in [0, 0.05) is 36.1 Å². The number of benzene rings is 1. The number of nitrogens with one attached hydrogen (secondary N) is 1. The lowest BCUT2D eigenvalue weighted by molar-refractivity contribution is 0.0743. The lowest BCUT2D eigenvalue weighted by atomic mass is 10.0. The highest BCUT2D eigenvalue weighted by atomic mass is 35.5. The van der Waals surface area contributed by atoms with Gasteiger partial charge in [-0.2, -0.15) is 5.10 Å². The summed E-state index contributed by atoms with van der Waals surface area (Å²) in [4.78, 5) is 17.5. The number of hydrogen-bond acceptors (Lipinski definition) is 4. The SMILES string of the molecule is O=C(NN1CCCCC1)c1nn(-c2ccncc2)c2c1CCCCC2=Cc1ccc(Cl)cc1.